The number of aromatic nitrogens is 1. The van der Waals surface area contributed by atoms with Gasteiger partial charge in [-0.2, -0.15) is 13.2 Å². The molecule has 26 heavy (non-hydrogen) atoms. The summed E-state index contributed by atoms with van der Waals surface area (Å²) in [5, 5.41) is 13.9. The van der Waals surface area contributed by atoms with Crippen LogP contribution in [0.15, 0.2) is 48.7 Å². The van der Waals surface area contributed by atoms with Gasteiger partial charge in [-0.1, -0.05) is 30.3 Å². The van der Waals surface area contributed by atoms with Crippen LogP contribution in [0.25, 0.3) is 0 Å². The molecule has 3 N–H and O–H groups in total. The smallest absolute Gasteiger partial charge is 0.394 e. The molecule has 1 atom stereocenters. The Labute approximate surface area is 147 Å². The van der Waals surface area contributed by atoms with Gasteiger partial charge in [0.25, 0.3) is 0 Å². The zero-order valence-corrected chi connectivity index (χ0v) is 13.5. The van der Waals surface area contributed by atoms with Gasteiger partial charge in [0.15, 0.2) is 0 Å². The Bertz CT molecular complexity index is 749. The van der Waals surface area contributed by atoms with Gasteiger partial charge in [-0.15, -0.1) is 0 Å². The highest BCUT2D eigenvalue weighted by Gasteiger charge is 2.32. The van der Waals surface area contributed by atoms with Crippen molar-refractivity contribution >= 4 is 17.5 Å². The molecular weight excluding hydrogens is 351 g/mol. The third kappa shape index (κ3) is 5.55. The molecule has 0 radical (unpaired) electrons. The normalized spacial score (nSPS) is 12.3. The van der Waals surface area contributed by atoms with Crippen LogP contribution in [-0.4, -0.2) is 34.6 Å². The van der Waals surface area contributed by atoms with E-state index < -0.39 is 29.7 Å². The summed E-state index contributed by atoms with van der Waals surface area (Å²) in [6.45, 7) is -0.379. The molecule has 0 unspecified atom stereocenters. The van der Waals surface area contributed by atoms with E-state index in [4.69, 9.17) is 0 Å². The average molecular weight is 367 g/mol. The van der Waals surface area contributed by atoms with E-state index >= 15 is 0 Å². The summed E-state index contributed by atoms with van der Waals surface area (Å²) in [5.41, 5.74) is -0.302. The number of alkyl halides is 3. The minimum atomic E-state index is -4.59. The Balaban J connectivity index is 1.93. The lowest BCUT2D eigenvalue weighted by Gasteiger charge is -2.16. The van der Waals surface area contributed by atoms with Crippen LogP contribution in [0.4, 0.5) is 18.9 Å². The predicted molar refractivity (Wildman–Crippen MR) is 87.0 cm³/mol. The number of nitrogens with one attached hydrogen (secondary N) is 2. The average Bonchev–Trinajstić information content (AvgIpc) is 2.61. The Morgan fingerprint density at radius 2 is 1.77 bits per heavy atom. The molecule has 2 aromatic rings. The number of rotatable bonds is 5. The molecule has 2 rings (SSSR count). The van der Waals surface area contributed by atoms with Gasteiger partial charge >= 0.3 is 18.0 Å². The molecular formula is C17H16F3N3O3. The van der Waals surface area contributed by atoms with Crippen LogP contribution in [0.5, 0.6) is 0 Å². The molecule has 2 amide bonds. The van der Waals surface area contributed by atoms with Crippen LogP contribution < -0.4 is 10.6 Å². The summed E-state index contributed by atoms with van der Waals surface area (Å²) in [7, 11) is 0. The van der Waals surface area contributed by atoms with E-state index in [1.165, 1.54) is 0 Å². The van der Waals surface area contributed by atoms with E-state index in [1.54, 1.807) is 12.1 Å². The highest BCUT2D eigenvalue weighted by molar-refractivity contribution is 6.39. The Morgan fingerprint density at radius 1 is 1.08 bits per heavy atom. The van der Waals surface area contributed by atoms with Gasteiger partial charge in [-0.05, 0) is 24.1 Å². The van der Waals surface area contributed by atoms with E-state index in [0.717, 1.165) is 17.8 Å². The van der Waals surface area contributed by atoms with Gasteiger partial charge in [-0.3, -0.25) is 9.59 Å². The molecule has 9 heteroatoms. The van der Waals surface area contributed by atoms with Crippen LogP contribution in [0.1, 0.15) is 11.3 Å². The molecule has 0 saturated heterocycles. The molecule has 0 spiro atoms. The van der Waals surface area contributed by atoms with Crippen molar-refractivity contribution in [3.8, 4) is 0 Å². The van der Waals surface area contributed by atoms with Crippen molar-refractivity contribution in [3.05, 3.63) is 59.9 Å². The highest BCUT2D eigenvalue weighted by atomic mass is 19.4. The SMILES string of the molecule is O=C(Nc1ccc(C(F)(F)F)nc1)C(=O)N[C@@H](CO)Cc1ccccc1. The zero-order valence-electron chi connectivity index (χ0n) is 13.5. The largest absolute Gasteiger partial charge is 0.433 e. The van der Waals surface area contributed by atoms with Gasteiger partial charge < -0.3 is 15.7 Å². The maximum Gasteiger partial charge on any atom is 0.433 e. The summed E-state index contributed by atoms with van der Waals surface area (Å²) in [6, 6.07) is 10.0. The van der Waals surface area contributed by atoms with Crippen molar-refractivity contribution in [3.63, 3.8) is 0 Å². The second kappa shape index (κ2) is 8.43. The molecule has 0 aliphatic heterocycles. The van der Waals surface area contributed by atoms with Crippen molar-refractivity contribution in [2.75, 3.05) is 11.9 Å². The Morgan fingerprint density at radius 3 is 2.31 bits per heavy atom. The fourth-order valence-corrected chi connectivity index (χ4v) is 2.13. The predicted octanol–water partition coefficient (Wildman–Crippen LogP) is 1.76. The zero-order chi connectivity index (χ0) is 19.2. The van der Waals surface area contributed by atoms with Gasteiger partial charge in [-0.25, -0.2) is 4.98 Å². The minimum Gasteiger partial charge on any atom is -0.394 e. The molecule has 0 fully saturated rings. The monoisotopic (exact) mass is 367 g/mol. The molecule has 0 saturated carbocycles. The maximum atomic E-state index is 12.4. The number of hydrogen-bond donors (Lipinski definition) is 3. The summed E-state index contributed by atoms with van der Waals surface area (Å²) in [5.74, 6) is -2.09. The van der Waals surface area contributed by atoms with Gasteiger partial charge in [0, 0.05) is 0 Å². The topological polar surface area (TPSA) is 91.3 Å². The molecule has 6 nitrogen and oxygen atoms in total. The second-order valence-electron chi connectivity index (χ2n) is 5.43. The first kappa shape index (κ1) is 19.4. The van der Waals surface area contributed by atoms with Crippen LogP contribution >= 0.6 is 0 Å². The molecule has 1 heterocycles. The number of anilines is 1. The van der Waals surface area contributed by atoms with Gasteiger partial charge in [0.2, 0.25) is 0 Å². The lowest BCUT2D eigenvalue weighted by molar-refractivity contribution is -0.141. The van der Waals surface area contributed by atoms with Gasteiger partial charge in [0.1, 0.15) is 5.69 Å². The van der Waals surface area contributed by atoms with E-state index in [-0.39, 0.29) is 12.3 Å². The van der Waals surface area contributed by atoms with Crippen LogP contribution in [-0.2, 0) is 22.2 Å². The third-order valence-electron chi connectivity index (χ3n) is 3.40. The minimum absolute atomic E-state index is 0.0539. The Kier molecular flexibility index (Phi) is 6.29. The third-order valence-corrected chi connectivity index (χ3v) is 3.40. The summed E-state index contributed by atoms with van der Waals surface area (Å²) < 4.78 is 37.3. The van der Waals surface area contributed by atoms with Crippen LogP contribution in [0.3, 0.4) is 0 Å². The summed E-state index contributed by atoms with van der Waals surface area (Å²) in [4.78, 5) is 26.9. The van der Waals surface area contributed by atoms with Crippen molar-refractivity contribution < 1.29 is 27.9 Å². The van der Waals surface area contributed by atoms with Crippen molar-refractivity contribution in [1.82, 2.24) is 10.3 Å². The van der Waals surface area contributed by atoms with Crippen LogP contribution in [0, 0.1) is 0 Å². The number of amides is 2. The molecule has 0 aliphatic carbocycles. The number of nitrogens with zero attached hydrogens (tertiary/aromatic N) is 1. The number of aliphatic hydroxyl groups excluding tert-OH is 1. The lowest BCUT2D eigenvalue weighted by Crippen LogP contribution is -2.44. The first-order chi connectivity index (χ1) is 12.3. The first-order valence-electron chi connectivity index (χ1n) is 7.59. The number of hydrogen-bond acceptors (Lipinski definition) is 4. The molecule has 1 aromatic heterocycles. The number of halogens is 3. The van der Waals surface area contributed by atoms with Gasteiger partial charge in [0.05, 0.1) is 24.5 Å². The summed E-state index contributed by atoms with van der Waals surface area (Å²) >= 11 is 0. The van der Waals surface area contributed by atoms with E-state index in [9.17, 15) is 27.9 Å². The lowest BCUT2D eigenvalue weighted by atomic mass is 10.1. The molecule has 0 aliphatic rings. The van der Waals surface area contributed by atoms with Crippen molar-refractivity contribution in [2.24, 2.45) is 0 Å². The van der Waals surface area contributed by atoms with E-state index in [1.807, 2.05) is 18.2 Å². The van der Waals surface area contributed by atoms with Crippen molar-refractivity contribution in [2.45, 2.75) is 18.6 Å². The number of aliphatic hydroxyl groups is 1. The number of carbonyl (C=O) groups excluding carboxylic acids is 2. The fourth-order valence-electron chi connectivity index (χ4n) is 2.13. The van der Waals surface area contributed by atoms with E-state index in [2.05, 4.69) is 15.6 Å². The molecule has 1 aromatic carbocycles. The standard InChI is InChI=1S/C17H16F3N3O3/c18-17(19,20)14-7-6-12(9-21-14)22-15(25)16(26)23-13(10-24)8-11-4-2-1-3-5-11/h1-7,9,13,24H,8,10H2,(H,22,25)(H,23,26)/t13-/m1/s1. The first-order valence-corrected chi connectivity index (χ1v) is 7.59. The maximum absolute atomic E-state index is 12.4. The second-order valence-corrected chi connectivity index (χ2v) is 5.43. The molecule has 138 valence electrons. The highest BCUT2D eigenvalue weighted by Crippen LogP contribution is 2.27. The number of carbonyl (C=O) groups is 2. The van der Waals surface area contributed by atoms with Crippen LogP contribution in [0.2, 0.25) is 0 Å². The quantitative estimate of drug-likeness (QED) is 0.703. The fraction of sp³-hybridized carbons (Fsp3) is 0.235. The number of pyridine rings is 1. The van der Waals surface area contributed by atoms with E-state index in [0.29, 0.717) is 12.5 Å². The Hall–Kier alpha value is -2.94. The summed E-state index contributed by atoms with van der Waals surface area (Å²) in [6.07, 6.45) is -3.47. The van der Waals surface area contributed by atoms with Crippen molar-refractivity contribution in [1.29, 1.82) is 0 Å². The molecule has 0 bridgehead atoms. The number of benzene rings is 1.